The number of thioether (sulfide) groups is 1. The van der Waals surface area contributed by atoms with E-state index in [1.54, 1.807) is 17.0 Å². The molecule has 2 amide bonds. The molecule has 4 rings (SSSR count). The molecule has 0 bridgehead atoms. The van der Waals surface area contributed by atoms with E-state index in [1.165, 1.54) is 23.9 Å². The number of para-hydroxylation sites is 2. The number of nitrogens with zero attached hydrogens (tertiary/aromatic N) is 2. The van der Waals surface area contributed by atoms with Gasteiger partial charge in [0.1, 0.15) is 11.1 Å². The molecule has 5 nitrogen and oxygen atoms in total. The number of benzene rings is 2. The number of rotatable bonds is 6. The van der Waals surface area contributed by atoms with Crippen LogP contribution < -0.4 is 5.32 Å². The number of carbonyl (C=O) groups is 2. The maximum absolute atomic E-state index is 13.8. The van der Waals surface area contributed by atoms with Crippen LogP contribution in [0.3, 0.4) is 0 Å². The number of carbonyl (C=O) groups excluding carboxylic acids is 2. The molecule has 1 heterocycles. The van der Waals surface area contributed by atoms with Gasteiger partial charge in [0.15, 0.2) is 5.17 Å². The van der Waals surface area contributed by atoms with Crippen molar-refractivity contribution >= 4 is 40.1 Å². The molecule has 1 aliphatic heterocycles. The smallest absolute Gasteiger partial charge is 0.242 e. The average molecular weight is 412 g/mol. The second-order valence-electron chi connectivity index (χ2n) is 7.35. The highest BCUT2D eigenvalue weighted by molar-refractivity contribution is 8.15. The van der Waals surface area contributed by atoms with Crippen LogP contribution in [0.2, 0.25) is 0 Å². The predicted molar refractivity (Wildman–Crippen MR) is 114 cm³/mol. The third-order valence-corrected chi connectivity index (χ3v) is 6.33. The third kappa shape index (κ3) is 4.50. The van der Waals surface area contributed by atoms with E-state index >= 15 is 0 Å². The monoisotopic (exact) mass is 411 g/mol. The van der Waals surface area contributed by atoms with Crippen LogP contribution in [0.4, 0.5) is 15.8 Å². The van der Waals surface area contributed by atoms with Crippen molar-refractivity contribution < 1.29 is 14.0 Å². The molecule has 150 valence electrons. The Kier molecular flexibility index (Phi) is 5.67. The molecule has 1 N–H and O–H groups in total. The van der Waals surface area contributed by atoms with Crippen molar-refractivity contribution in [2.45, 2.75) is 37.5 Å². The molecule has 2 atom stereocenters. The first-order chi connectivity index (χ1) is 14.0. The standard InChI is InChI=1S/C22H22FN3O2S/c1-14(15-11-12-15)26-21(28)19(29-22(26)24-16-7-3-2-4-8-16)13-20(27)25-18-10-6-5-9-17(18)23/h2-10,14-15,19H,11-13H2,1H3,(H,25,27)/t14-,19+/m0/s1. The fourth-order valence-electron chi connectivity index (χ4n) is 3.40. The lowest BCUT2D eigenvalue weighted by molar-refractivity contribution is -0.129. The van der Waals surface area contributed by atoms with Gasteiger partial charge in [-0.2, -0.15) is 0 Å². The molecule has 1 aliphatic carbocycles. The highest BCUT2D eigenvalue weighted by atomic mass is 32.2. The molecule has 2 fully saturated rings. The van der Waals surface area contributed by atoms with Crippen molar-refractivity contribution in [3.05, 3.63) is 60.4 Å². The molecule has 0 aromatic heterocycles. The Morgan fingerprint density at radius 1 is 1.21 bits per heavy atom. The summed E-state index contributed by atoms with van der Waals surface area (Å²) in [6.07, 6.45) is 2.18. The SMILES string of the molecule is C[C@@H](C1CC1)N1C(=O)[C@@H](CC(=O)Nc2ccccc2F)SC1=Nc1ccccc1. The van der Waals surface area contributed by atoms with Gasteiger partial charge in [-0.05, 0) is 49.9 Å². The zero-order valence-electron chi connectivity index (χ0n) is 16.0. The van der Waals surface area contributed by atoms with E-state index in [-0.39, 0.29) is 30.0 Å². The molecule has 29 heavy (non-hydrogen) atoms. The maximum Gasteiger partial charge on any atom is 0.242 e. The zero-order chi connectivity index (χ0) is 20.4. The van der Waals surface area contributed by atoms with Gasteiger partial charge in [0.25, 0.3) is 0 Å². The van der Waals surface area contributed by atoms with Crippen LogP contribution in [0.5, 0.6) is 0 Å². The van der Waals surface area contributed by atoms with Crippen molar-refractivity contribution in [2.75, 3.05) is 5.32 Å². The molecule has 2 aromatic rings. The first-order valence-corrected chi connectivity index (χ1v) is 10.6. The van der Waals surface area contributed by atoms with E-state index in [0.717, 1.165) is 18.5 Å². The Balaban J connectivity index is 1.52. The van der Waals surface area contributed by atoms with Crippen LogP contribution in [0.25, 0.3) is 0 Å². The Hall–Kier alpha value is -2.67. The number of hydrogen-bond acceptors (Lipinski definition) is 4. The highest BCUT2D eigenvalue weighted by Crippen LogP contribution is 2.41. The van der Waals surface area contributed by atoms with Crippen molar-refractivity contribution in [1.29, 1.82) is 0 Å². The van der Waals surface area contributed by atoms with Gasteiger partial charge in [0.05, 0.1) is 11.4 Å². The van der Waals surface area contributed by atoms with Gasteiger partial charge in [-0.1, -0.05) is 42.1 Å². The van der Waals surface area contributed by atoms with Gasteiger partial charge >= 0.3 is 0 Å². The molecule has 2 aromatic carbocycles. The Labute approximate surface area is 173 Å². The van der Waals surface area contributed by atoms with Crippen molar-refractivity contribution in [3.8, 4) is 0 Å². The molecule has 0 unspecified atom stereocenters. The zero-order valence-corrected chi connectivity index (χ0v) is 16.9. The number of amides is 2. The first kappa shape index (κ1) is 19.6. The topological polar surface area (TPSA) is 61.8 Å². The largest absolute Gasteiger partial charge is 0.324 e. The Bertz CT molecular complexity index is 946. The van der Waals surface area contributed by atoms with Crippen LogP contribution in [-0.4, -0.2) is 33.2 Å². The Morgan fingerprint density at radius 3 is 2.59 bits per heavy atom. The summed E-state index contributed by atoms with van der Waals surface area (Å²) < 4.78 is 13.8. The van der Waals surface area contributed by atoms with E-state index < -0.39 is 11.1 Å². The third-order valence-electron chi connectivity index (χ3n) is 5.18. The summed E-state index contributed by atoms with van der Waals surface area (Å²) in [6, 6.07) is 15.5. The molecule has 1 saturated heterocycles. The molecular formula is C22H22FN3O2S. The summed E-state index contributed by atoms with van der Waals surface area (Å²) in [5.41, 5.74) is 0.890. The normalized spacial score (nSPS) is 21.4. The van der Waals surface area contributed by atoms with Crippen LogP contribution in [0.1, 0.15) is 26.2 Å². The summed E-state index contributed by atoms with van der Waals surface area (Å²) in [5.74, 6) is -0.512. The number of halogens is 1. The predicted octanol–water partition coefficient (Wildman–Crippen LogP) is 4.58. The maximum atomic E-state index is 13.8. The number of aliphatic imine (C=N–C) groups is 1. The Morgan fingerprint density at radius 2 is 1.90 bits per heavy atom. The second kappa shape index (κ2) is 8.37. The second-order valence-corrected chi connectivity index (χ2v) is 8.52. The average Bonchev–Trinajstić information content (AvgIpc) is 3.51. The minimum Gasteiger partial charge on any atom is -0.324 e. The minimum atomic E-state index is -0.564. The highest BCUT2D eigenvalue weighted by Gasteiger charge is 2.45. The number of amidine groups is 1. The summed E-state index contributed by atoms with van der Waals surface area (Å²) in [6.45, 7) is 2.04. The lowest BCUT2D eigenvalue weighted by atomic mass is 10.1. The van der Waals surface area contributed by atoms with Gasteiger partial charge in [-0.25, -0.2) is 9.38 Å². The van der Waals surface area contributed by atoms with Crippen LogP contribution >= 0.6 is 11.8 Å². The molecule has 2 aliphatic rings. The van der Waals surface area contributed by atoms with Gasteiger partial charge in [-0.3, -0.25) is 14.5 Å². The fraction of sp³-hybridized carbons (Fsp3) is 0.318. The molecule has 1 saturated carbocycles. The lowest BCUT2D eigenvalue weighted by Crippen LogP contribution is -2.41. The fourth-order valence-corrected chi connectivity index (χ4v) is 4.63. The van der Waals surface area contributed by atoms with E-state index in [4.69, 9.17) is 0 Å². The van der Waals surface area contributed by atoms with E-state index in [2.05, 4.69) is 10.3 Å². The van der Waals surface area contributed by atoms with E-state index in [0.29, 0.717) is 11.1 Å². The summed E-state index contributed by atoms with van der Waals surface area (Å²) >= 11 is 1.31. The molecule has 0 spiro atoms. The van der Waals surface area contributed by atoms with Crippen molar-refractivity contribution in [1.82, 2.24) is 4.90 Å². The van der Waals surface area contributed by atoms with Gasteiger partial charge in [0.2, 0.25) is 11.8 Å². The van der Waals surface area contributed by atoms with Crippen LogP contribution in [0.15, 0.2) is 59.6 Å². The molecule has 0 radical (unpaired) electrons. The quantitative estimate of drug-likeness (QED) is 0.757. The van der Waals surface area contributed by atoms with Gasteiger partial charge in [-0.15, -0.1) is 0 Å². The minimum absolute atomic E-state index is 0.0282. The van der Waals surface area contributed by atoms with E-state index in [1.807, 2.05) is 37.3 Å². The lowest BCUT2D eigenvalue weighted by Gasteiger charge is -2.24. The van der Waals surface area contributed by atoms with E-state index in [9.17, 15) is 14.0 Å². The summed E-state index contributed by atoms with van der Waals surface area (Å²) in [5, 5.41) is 2.63. The number of hydrogen-bond donors (Lipinski definition) is 1. The van der Waals surface area contributed by atoms with Crippen LogP contribution in [-0.2, 0) is 9.59 Å². The molecule has 7 heteroatoms. The van der Waals surface area contributed by atoms with Gasteiger partial charge < -0.3 is 5.32 Å². The number of nitrogens with one attached hydrogen (secondary N) is 1. The summed E-state index contributed by atoms with van der Waals surface area (Å²) in [7, 11) is 0. The van der Waals surface area contributed by atoms with Crippen molar-refractivity contribution in [2.24, 2.45) is 10.9 Å². The molecular weight excluding hydrogens is 389 g/mol. The number of anilines is 1. The van der Waals surface area contributed by atoms with Crippen LogP contribution in [0, 0.1) is 11.7 Å². The summed E-state index contributed by atoms with van der Waals surface area (Å²) in [4.78, 5) is 32.0. The first-order valence-electron chi connectivity index (χ1n) is 9.71. The van der Waals surface area contributed by atoms with Crippen molar-refractivity contribution in [3.63, 3.8) is 0 Å². The van der Waals surface area contributed by atoms with Gasteiger partial charge in [0, 0.05) is 12.5 Å².